The number of aliphatic hydroxyl groups is 5. The maximum absolute atomic E-state index is 12.1. The first-order valence-electron chi connectivity index (χ1n) is 9.42. The van der Waals surface area contributed by atoms with Crippen molar-refractivity contribution in [1.29, 1.82) is 0 Å². The first-order chi connectivity index (χ1) is 11.9. The van der Waals surface area contributed by atoms with Crippen molar-refractivity contribution >= 4 is 5.78 Å². The van der Waals surface area contributed by atoms with Gasteiger partial charge in [-0.1, -0.05) is 51.9 Å². The highest BCUT2D eigenvalue weighted by Gasteiger charge is 2.53. The van der Waals surface area contributed by atoms with Gasteiger partial charge in [0.05, 0.1) is 13.0 Å². The average Bonchev–Trinajstić information content (AvgIpc) is 2.59. The van der Waals surface area contributed by atoms with Crippen LogP contribution in [0.4, 0.5) is 0 Å². The third-order valence-electron chi connectivity index (χ3n) is 4.81. The normalized spacial score (nSPS) is 32.7. The lowest BCUT2D eigenvalue weighted by Gasteiger charge is -2.45. The first-order valence-corrected chi connectivity index (χ1v) is 9.42. The molecule has 7 nitrogen and oxygen atoms in total. The van der Waals surface area contributed by atoms with E-state index < -0.39 is 43.2 Å². The van der Waals surface area contributed by atoms with Gasteiger partial charge in [-0.2, -0.15) is 0 Å². The minimum atomic E-state index is -2.29. The number of carbonyl (C=O) groups excluding carboxylic acids is 1. The molecule has 1 rings (SSSR count). The lowest BCUT2D eigenvalue weighted by molar-refractivity contribution is -0.347. The van der Waals surface area contributed by atoms with Crippen molar-refractivity contribution < 1.29 is 35.1 Å². The quantitative estimate of drug-likeness (QED) is 0.322. The number of unbranched alkanes of at least 4 members (excludes halogenated alkanes) is 7. The third kappa shape index (κ3) is 6.92. The van der Waals surface area contributed by atoms with Crippen LogP contribution in [0.1, 0.15) is 71.1 Å². The zero-order valence-corrected chi connectivity index (χ0v) is 15.1. The van der Waals surface area contributed by atoms with E-state index in [2.05, 4.69) is 6.92 Å². The highest BCUT2D eigenvalue weighted by atomic mass is 16.7. The Morgan fingerprint density at radius 2 is 1.52 bits per heavy atom. The molecule has 0 amide bonds. The van der Waals surface area contributed by atoms with Crippen LogP contribution < -0.4 is 0 Å². The number of rotatable bonds is 12. The van der Waals surface area contributed by atoms with Crippen LogP contribution in [0.25, 0.3) is 0 Å². The van der Waals surface area contributed by atoms with Crippen LogP contribution in [0.2, 0.25) is 0 Å². The van der Waals surface area contributed by atoms with E-state index in [0.29, 0.717) is 6.42 Å². The molecule has 0 aromatic carbocycles. The first kappa shape index (κ1) is 22.5. The van der Waals surface area contributed by atoms with Gasteiger partial charge in [-0.25, -0.2) is 0 Å². The molecule has 5 atom stereocenters. The summed E-state index contributed by atoms with van der Waals surface area (Å²) in [5.74, 6) is -2.57. The van der Waals surface area contributed by atoms with E-state index in [1.165, 1.54) is 25.7 Å². The fourth-order valence-electron chi connectivity index (χ4n) is 3.19. The Kier molecular flexibility index (Phi) is 10.1. The van der Waals surface area contributed by atoms with Crippen molar-refractivity contribution in [2.75, 3.05) is 6.61 Å². The average molecular weight is 362 g/mol. The summed E-state index contributed by atoms with van der Waals surface area (Å²) in [4.78, 5) is 12.1. The second kappa shape index (κ2) is 11.2. The predicted octanol–water partition coefficient (Wildman–Crippen LogP) is 0.639. The van der Waals surface area contributed by atoms with E-state index in [-0.39, 0.29) is 12.2 Å². The molecule has 1 aliphatic heterocycles. The Hall–Kier alpha value is -0.570. The number of carbonyl (C=O) groups is 1. The Bertz CT molecular complexity index is 388. The Labute approximate surface area is 149 Å². The molecule has 0 saturated carbocycles. The molecule has 1 fully saturated rings. The van der Waals surface area contributed by atoms with Crippen molar-refractivity contribution in [2.45, 2.75) is 101 Å². The van der Waals surface area contributed by atoms with Gasteiger partial charge in [-0.15, -0.1) is 0 Å². The van der Waals surface area contributed by atoms with E-state index in [1.54, 1.807) is 0 Å². The largest absolute Gasteiger partial charge is 0.394 e. The predicted molar refractivity (Wildman–Crippen MR) is 91.8 cm³/mol. The van der Waals surface area contributed by atoms with E-state index in [1.807, 2.05) is 0 Å². The molecule has 148 valence electrons. The van der Waals surface area contributed by atoms with E-state index in [4.69, 9.17) is 9.84 Å². The zero-order chi connectivity index (χ0) is 18.9. The van der Waals surface area contributed by atoms with Crippen LogP contribution in [-0.2, 0) is 9.53 Å². The second-order valence-corrected chi connectivity index (χ2v) is 7.05. The van der Waals surface area contributed by atoms with E-state index in [9.17, 15) is 25.2 Å². The maximum atomic E-state index is 12.1. The number of Topliss-reactive ketones (excluding diaryl/α,β-unsaturated/α-hetero) is 1. The summed E-state index contributed by atoms with van der Waals surface area (Å²) in [5, 5.41) is 48.8. The molecule has 1 aliphatic rings. The molecule has 0 bridgehead atoms. The van der Waals surface area contributed by atoms with Gasteiger partial charge in [-0.05, 0) is 6.42 Å². The molecular formula is C18H34O7. The van der Waals surface area contributed by atoms with Gasteiger partial charge < -0.3 is 30.3 Å². The number of hydrogen-bond acceptors (Lipinski definition) is 7. The van der Waals surface area contributed by atoms with Crippen molar-refractivity contribution in [2.24, 2.45) is 0 Å². The minimum absolute atomic E-state index is 0.260. The fourth-order valence-corrected chi connectivity index (χ4v) is 3.19. The van der Waals surface area contributed by atoms with Crippen LogP contribution in [0.5, 0.6) is 0 Å². The van der Waals surface area contributed by atoms with E-state index >= 15 is 0 Å². The van der Waals surface area contributed by atoms with Gasteiger partial charge in [0.1, 0.15) is 30.2 Å². The smallest absolute Gasteiger partial charge is 0.202 e. The standard InChI is InChI=1S/C18H34O7/c1-2-3-4-5-6-7-8-9-10-13(20)11-18(24)17(23)16(22)15(21)14(12-19)25-18/h14-17,19,21-24H,2-12H2,1H3/t14-,15+,16+,17-,18-/m1/s1. The molecule has 0 aliphatic carbocycles. The number of ketones is 1. The maximum Gasteiger partial charge on any atom is 0.202 e. The number of aliphatic hydroxyl groups excluding tert-OH is 4. The number of hydrogen-bond donors (Lipinski definition) is 5. The summed E-state index contributed by atoms with van der Waals surface area (Å²) < 4.78 is 5.10. The van der Waals surface area contributed by atoms with Gasteiger partial charge in [0.15, 0.2) is 0 Å². The van der Waals surface area contributed by atoms with Crippen LogP contribution in [-0.4, -0.2) is 68.1 Å². The third-order valence-corrected chi connectivity index (χ3v) is 4.81. The summed E-state index contributed by atoms with van der Waals surface area (Å²) in [6.45, 7) is 1.54. The molecule has 0 radical (unpaired) electrons. The van der Waals surface area contributed by atoms with Crippen LogP contribution in [0, 0.1) is 0 Å². The molecule has 0 unspecified atom stereocenters. The van der Waals surface area contributed by atoms with Crippen molar-refractivity contribution in [3.63, 3.8) is 0 Å². The summed E-state index contributed by atoms with van der Waals surface area (Å²) in [6, 6.07) is 0. The van der Waals surface area contributed by atoms with Gasteiger partial charge >= 0.3 is 0 Å². The highest BCUT2D eigenvalue weighted by molar-refractivity contribution is 5.79. The molecular weight excluding hydrogens is 328 g/mol. The molecule has 7 heteroatoms. The van der Waals surface area contributed by atoms with Gasteiger partial charge in [0, 0.05) is 6.42 Å². The Balaban J connectivity index is 2.32. The molecule has 0 spiro atoms. The Morgan fingerprint density at radius 1 is 0.960 bits per heavy atom. The molecule has 5 N–H and O–H groups in total. The van der Waals surface area contributed by atoms with Crippen molar-refractivity contribution in [1.82, 2.24) is 0 Å². The fraction of sp³-hybridized carbons (Fsp3) is 0.944. The summed E-state index contributed by atoms with van der Waals surface area (Å²) in [7, 11) is 0. The summed E-state index contributed by atoms with van der Waals surface area (Å²) in [5.41, 5.74) is 0. The molecule has 1 heterocycles. The van der Waals surface area contributed by atoms with Crippen molar-refractivity contribution in [3.05, 3.63) is 0 Å². The minimum Gasteiger partial charge on any atom is -0.394 e. The summed E-state index contributed by atoms with van der Waals surface area (Å²) >= 11 is 0. The lowest BCUT2D eigenvalue weighted by atomic mass is 9.89. The monoisotopic (exact) mass is 362 g/mol. The van der Waals surface area contributed by atoms with Gasteiger partial charge in [-0.3, -0.25) is 4.79 Å². The topological polar surface area (TPSA) is 127 Å². The SMILES string of the molecule is CCCCCCCCCCC(=O)C[C@@]1(O)O[C@H](CO)[C@H](O)[C@H](O)[C@H]1O. The van der Waals surface area contributed by atoms with Crippen LogP contribution in [0.3, 0.4) is 0 Å². The second-order valence-electron chi connectivity index (χ2n) is 7.05. The van der Waals surface area contributed by atoms with E-state index in [0.717, 1.165) is 19.3 Å². The number of ether oxygens (including phenoxy) is 1. The molecule has 1 saturated heterocycles. The van der Waals surface area contributed by atoms with Crippen LogP contribution in [0.15, 0.2) is 0 Å². The molecule has 25 heavy (non-hydrogen) atoms. The van der Waals surface area contributed by atoms with Gasteiger partial charge in [0.25, 0.3) is 0 Å². The van der Waals surface area contributed by atoms with Gasteiger partial charge in [0.2, 0.25) is 5.79 Å². The zero-order valence-electron chi connectivity index (χ0n) is 15.1. The molecule has 0 aromatic heterocycles. The van der Waals surface area contributed by atoms with Crippen molar-refractivity contribution in [3.8, 4) is 0 Å². The summed E-state index contributed by atoms with van der Waals surface area (Å²) in [6.07, 6.45) is 2.29. The Morgan fingerprint density at radius 3 is 2.08 bits per heavy atom. The lowest BCUT2D eigenvalue weighted by Crippen LogP contribution is -2.65. The highest BCUT2D eigenvalue weighted by Crippen LogP contribution is 2.31. The van der Waals surface area contributed by atoms with Crippen LogP contribution >= 0.6 is 0 Å². The molecule has 0 aromatic rings.